The van der Waals surface area contributed by atoms with Crippen LogP contribution >= 0.6 is 0 Å². The van der Waals surface area contributed by atoms with E-state index in [1.54, 1.807) is 0 Å². The zero-order chi connectivity index (χ0) is 13.1. The van der Waals surface area contributed by atoms with E-state index in [-0.39, 0.29) is 12.4 Å². The molecule has 1 saturated heterocycles. The van der Waals surface area contributed by atoms with Crippen molar-refractivity contribution in [2.75, 3.05) is 13.1 Å². The van der Waals surface area contributed by atoms with Gasteiger partial charge in [0.25, 0.3) is 0 Å². The van der Waals surface area contributed by atoms with Crippen molar-refractivity contribution in [3.63, 3.8) is 0 Å². The van der Waals surface area contributed by atoms with Crippen molar-refractivity contribution in [1.29, 1.82) is 0 Å². The molecule has 18 heavy (non-hydrogen) atoms. The average Bonchev–Trinajstić information content (AvgIpc) is 2.30. The number of halogens is 1. The Morgan fingerprint density at radius 3 is 2.56 bits per heavy atom. The van der Waals surface area contributed by atoms with Crippen molar-refractivity contribution in [2.24, 2.45) is 17.6 Å². The van der Waals surface area contributed by atoms with Crippen LogP contribution in [0.5, 0.6) is 0 Å². The van der Waals surface area contributed by atoms with Crippen LogP contribution in [0.2, 0.25) is 0 Å². The molecule has 0 spiro atoms. The molecule has 2 rings (SSSR count). The first kappa shape index (κ1) is 13.5. The number of rotatable bonds is 3. The van der Waals surface area contributed by atoms with Gasteiger partial charge in [-0.3, -0.25) is 4.90 Å². The molecule has 100 valence electrons. The Morgan fingerprint density at radius 1 is 1.28 bits per heavy atom. The first-order valence-electron chi connectivity index (χ1n) is 6.78. The maximum absolute atomic E-state index is 13.4. The van der Waals surface area contributed by atoms with Crippen LogP contribution in [0.3, 0.4) is 0 Å². The van der Waals surface area contributed by atoms with Crippen molar-refractivity contribution in [3.05, 3.63) is 35.1 Å². The van der Waals surface area contributed by atoms with Gasteiger partial charge in [-0.15, -0.1) is 0 Å². The molecule has 0 aromatic heterocycles. The molecule has 0 bridgehead atoms. The molecule has 2 nitrogen and oxygen atoms in total. The van der Waals surface area contributed by atoms with Crippen molar-refractivity contribution >= 4 is 0 Å². The summed E-state index contributed by atoms with van der Waals surface area (Å²) in [7, 11) is 0. The highest BCUT2D eigenvalue weighted by atomic mass is 19.1. The van der Waals surface area contributed by atoms with Gasteiger partial charge < -0.3 is 5.73 Å². The predicted molar refractivity (Wildman–Crippen MR) is 72.5 cm³/mol. The summed E-state index contributed by atoms with van der Waals surface area (Å²) in [5.41, 5.74) is 7.32. The molecule has 1 aliphatic heterocycles. The molecule has 0 saturated carbocycles. The van der Waals surface area contributed by atoms with Gasteiger partial charge in [0.1, 0.15) is 5.82 Å². The fourth-order valence-electron chi connectivity index (χ4n) is 3.06. The third-order valence-corrected chi connectivity index (χ3v) is 3.68. The highest BCUT2D eigenvalue weighted by molar-refractivity contribution is 5.25. The van der Waals surface area contributed by atoms with Gasteiger partial charge in [0.2, 0.25) is 0 Å². The highest BCUT2D eigenvalue weighted by Gasteiger charge is 2.21. The third-order valence-electron chi connectivity index (χ3n) is 3.68. The van der Waals surface area contributed by atoms with E-state index in [4.69, 9.17) is 5.73 Å². The molecular weight excluding hydrogens is 227 g/mol. The summed E-state index contributed by atoms with van der Waals surface area (Å²) in [4.78, 5) is 2.46. The van der Waals surface area contributed by atoms with Crippen LogP contribution in [0.15, 0.2) is 18.2 Å². The van der Waals surface area contributed by atoms with Crippen molar-refractivity contribution in [3.8, 4) is 0 Å². The number of hydrogen-bond donors (Lipinski definition) is 1. The second kappa shape index (κ2) is 5.81. The fourth-order valence-corrected chi connectivity index (χ4v) is 3.06. The van der Waals surface area contributed by atoms with Gasteiger partial charge in [0.05, 0.1) is 0 Å². The van der Waals surface area contributed by atoms with E-state index in [1.807, 2.05) is 12.1 Å². The van der Waals surface area contributed by atoms with E-state index in [0.717, 1.165) is 37.0 Å². The lowest BCUT2D eigenvalue weighted by Gasteiger charge is -2.35. The van der Waals surface area contributed by atoms with E-state index < -0.39 is 0 Å². The number of hydrogen-bond acceptors (Lipinski definition) is 2. The fraction of sp³-hybridized carbons (Fsp3) is 0.600. The van der Waals surface area contributed by atoms with Crippen LogP contribution < -0.4 is 5.73 Å². The Morgan fingerprint density at radius 2 is 1.94 bits per heavy atom. The molecule has 1 aromatic rings. The number of benzene rings is 1. The van der Waals surface area contributed by atoms with Gasteiger partial charge in [-0.1, -0.05) is 26.0 Å². The summed E-state index contributed by atoms with van der Waals surface area (Å²) < 4.78 is 13.4. The Hall–Kier alpha value is -0.930. The van der Waals surface area contributed by atoms with Gasteiger partial charge in [0, 0.05) is 31.7 Å². The van der Waals surface area contributed by atoms with E-state index in [2.05, 4.69) is 18.7 Å². The molecule has 0 radical (unpaired) electrons. The first-order chi connectivity index (χ1) is 8.58. The van der Waals surface area contributed by atoms with E-state index in [1.165, 1.54) is 12.5 Å². The number of nitrogens with two attached hydrogens (primary N) is 1. The van der Waals surface area contributed by atoms with Gasteiger partial charge in [-0.05, 0) is 29.9 Å². The summed E-state index contributed by atoms with van der Waals surface area (Å²) in [6.45, 7) is 8.06. The molecule has 1 aromatic carbocycles. The summed E-state index contributed by atoms with van der Waals surface area (Å²) in [6, 6.07) is 5.31. The average molecular weight is 250 g/mol. The van der Waals surface area contributed by atoms with Crippen molar-refractivity contribution in [2.45, 2.75) is 33.4 Å². The third kappa shape index (κ3) is 3.30. The lowest BCUT2D eigenvalue weighted by Crippen LogP contribution is -2.38. The van der Waals surface area contributed by atoms with Crippen LogP contribution in [-0.4, -0.2) is 18.0 Å². The zero-order valence-corrected chi connectivity index (χ0v) is 11.3. The molecule has 2 atom stereocenters. The van der Waals surface area contributed by atoms with Gasteiger partial charge >= 0.3 is 0 Å². The number of likely N-dealkylation sites (tertiary alicyclic amines) is 1. The summed E-state index contributed by atoms with van der Waals surface area (Å²) in [5, 5.41) is 0. The Balaban J connectivity index is 2.04. The van der Waals surface area contributed by atoms with Gasteiger partial charge in [0.15, 0.2) is 0 Å². The summed E-state index contributed by atoms with van der Waals surface area (Å²) in [5.74, 6) is 1.31. The maximum Gasteiger partial charge on any atom is 0.127 e. The summed E-state index contributed by atoms with van der Waals surface area (Å²) >= 11 is 0. The highest BCUT2D eigenvalue weighted by Crippen LogP contribution is 2.23. The van der Waals surface area contributed by atoms with Crippen LogP contribution in [0, 0.1) is 17.7 Å². The Labute approximate surface area is 109 Å². The van der Waals surface area contributed by atoms with E-state index >= 15 is 0 Å². The van der Waals surface area contributed by atoms with Crippen molar-refractivity contribution < 1.29 is 4.39 Å². The van der Waals surface area contributed by atoms with Crippen LogP contribution in [0.1, 0.15) is 31.4 Å². The minimum absolute atomic E-state index is 0.193. The lowest BCUT2D eigenvalue weighted by atomic mass is 9.91. The normalized spacial score (nSPS) is 25.3. The van der Waals surface area contributed by atoms with E-state index in [9.17, 15) is 4.39 Å². The van der Waals surface area contributed by atoms with E-state index in [0.29, 0.717) is 5.56 Å². The maximum atomic E-state index is 13.4. The molecular formula is C15H23FN2. The number of nitrogens with zero attached hydrogens (tertiary/aromatic N) is 1. The van der Waals surface area contributed by atoms with Crippen LogP contribution in [0.25, 0.3) is 0 Å². The van der Waals surface area contributed by atoms with Crippen LogP contribution in [-0.2, 0) is 13.1 Å². The minimum atomic E-state index is -0.193. The lowest BCUT2D eigenvalue weighted by molar-refractivity contribution is 0.134. The van der Waals surface area contributed by atoms with Crippen molar-refractivity contribution in [1.82, 2.24) is 4.90 Å². The molecule has 1 aliphatic rings. The smallest absolute Gasteiger partial charge is 0.127 e. The van der Waals surface area contributed by atoms with Gasteiger partial charge in [-0.2, -0.15) is 0 Å². The topological polar surface area (TPSA) is 29.3 Å². The molecule has 3 heteroatoms. The molecule has 0 amide bonds. The quantitative estimate of drug-likeness (QED) is 0.893. The second-order valence-corrected chi connectivity index (χ2v) is 5.77. The molecule has 0 aliphatic carbocycles. The summed E-state index contributed by atoms with van der Waals surface area (Å²) in [6.07, 6.45) is 1.31. The predicted octanol–water partition coefficient (Wildman–Crippen LogP) is 2.76. The standard InChI is InChI=1S/C15H23FN2/c1-11-5-12(2)9-18(8-11)10-13-3-4-15(16)14(6-13)7-17/h3-4,6,11-12H,5,7-10,17H2,1-2H3. The molecule has 1 fully saturated rings. The van der Waals surface area contributed by atoms with Crippen LogP contribution in [0.4, 0.5) is 4.39 Å². The largest absolute Gasteiger partial charge is 0.326 e. The SMILES string of the molecule is CC1CC(C)CN(Cc2ccc(F)c(CN)c2)C1. The molecule has 1 heterocycles. The molecule has 2 unspecified atom stereocenters. The second-order valence-electron chi connectivity index (χ2n) is 5.77. The zero-order valence-electron chi connectivity index (χ0n) is 11.3. The minimum Gasteiger partial charge on any atom is -0.326 e. The molecule has 2 N–H and O–H groups in total. The van der Waals surface area contributed by atoms with Gasteiger partial charge in [-0.25, -0.2) is 4.39 Å². The Kier molecular flexibility index (Phi) is 4.36. The Bertz CT molecular complexity index is 395. The number of piperidine rings is 1. The first-order valence-corrected chi connectivity index (χ1v) is 6.78. The monoisotopic (exact) mass is 250 g/mol.